The van der Waals surface area contributed by atoms with E-state index in [2.05, 4.69) is 24.5 Å². The highest BCUT2D eigenvalue weighted by Gasteiger charge is 2.59. The molecular formula is C19H25ClN2O3. The number of hydrogen-bond donors (Lipinski definition) is 2. The molecule has 0 unspecified atom stereocenters. The first kappa shape index (κ1) is 18.1. The van der Waals surface area contributed by atoms with Gasteiger partial charge < -0.3 is 15.4 Å². The number of ether oxygens (including phenoxy) is 1. The molecule has 136 valence electrons. The smallest absolute Gasteiger partial charge is 0.319 e. The van der Waals surface area contributed by atoms with Gasteiger partial charge in [-0.25, -0.2) is 4.79 Å². The van der Waals surface area contributed by atoms with E-state index in [4.69, 9.17) is 16.3 Å². The highest BCUT2D eigenvalue weighted by atomic mass is 35.5. The number of urea groups is 1. The van der Waals surface area contributed by atoms with Crippen molar-refractivity contribution >= 4 is 29.3 Å². The van der Waals surface area contributed by atoms with Crippen LogP contribution in [0.2, 0.25) is 5.02 Å². The fourth-order valence-corrected chi connectivity index (χ4v) is 4.47. The highest BCUT2D eigenvalue weighted by Crippen LogP contribution is 2.60. The topological polar surface area (TPSA) is 67.4 Å². The maximum absolute atomic E-state index is 12.5. The predicted molar refractivity (Wildman–Crippen MR) is 97.5 cm³/mol. The summed E-state index contributed by atoms with van der Waals surface area (Å²) in [6, 6.07) is 6.43. The van der Waals surface area contributed by atoms with E-state index < -0.39 is 0 Å². The number of amides is 2. The van der Waals surface area contributed by atoms with Gasteiger partial charge in [-0.05, 0) is 61.3 Å². The Morgan fingerprint density at radius 2 is 1.92 bits per heavy atom. The molecule has 25 heavy (non-hydrogen) atoms. The molecule has 1 aromatic carbocycles. The van der Waals surface area contributed by atoms with Crippen LogP contribution >= 0.6 is 11.6 Å². The zero-order chi connectivity index (χ0) is 18.2. The van der Waals surface area contributed by atoms with Gasteiger partial charge in [-0.1, -0.05) is 25.4 Å². The van der Waals surface area contributed by atoms with Crippen molar-refractivity contribution in [1.82, 2.24) is 5.32 Å². The number of anilines is 1. The highest BCUT2D eigenvalue weighted by molar-refractivity contribution is 6.30. The number of carbonyl (C=O) groups is 2. The molecule has 0 radical (unpaired) electrons. The molecule has 3 aliphatic carbocycles. The van der Waals surface area contributed by atoms with Crippen molar-refractivity contribution in [3.05, 3.63) is 29.3 Å². The number of carbonyl (C=O) groups excluding carboxylic acids is 2. The second-order valence-corrected chi connectivity index (χ2v) is 8.02. The van der Waals surface area contributed by atoms with Crippen LogP contribution in [0.3, 0.4) is 0 Å². The van der Waals surface area contributed by atoms with Crippen molar-refractivity contribution < 1.29 is 14.3 Å². The molecule has 2 N–H and O–H groups in total. The molecule has 5 nitrogen and oxygen atoms in total. The number of fused-ring (bicyclic) bond motifs is 2. The summed E-state index contributed by atoms with van der Waals surface area (Å²) in [4.78, 5) is 24.8. The van der Waals surface area contributed by atoms with Gasteiger partial charge >= 0.3 is 12.0 Å². The Hall–Kier alpha value is -1.75. The van der Waals surface area contributed by atoms with Gasteiger partial charge in [-0.3, -0.25) is 4.79 Å². The van der Waals surface area contributed by atoms with E-state index in [1.807, 2.05) is 0 Å². The Bertz CT molecular complexity index is 659. The van der Waals surface area contributed by atoms with Crippen LogP contribution in [0.4, 0.5) is 10.5 Å². The van der Waals surface area contributed by atoms with Crippen molar-refractivity contribution in [1.29, 1.82) is 0 Å². The number of esters is 1. The average Bonchev–Trinajstić information content (AvgIpc) is 2.56. The minimum atomic E-state index is -0.303. The lowest BCUT2D eigenvalue weighted by molar-refractivity contribution is -0.166. The largest absolute Gasteiger partial charge is 0.466 e. The van der Waals surface area contributed by atoms with Crippen molar-refractivity contribution in [2.45, 2.75) is 39.7 Å². The lowest BCUT2D eigenvalue weighted by Crippen LogP contribution is -2.65. The van der Waals surface area contributed by atoms with Crippen LogP contribution in [0, 0.1) is 23.2 Å². The standard InChI is InChI=1S/C19H25ClN2O3/c1-4-25-17(23)14-9-11-10-15(19(11,2)3)16(14)22-18(24)21-13-7-5-12(20)6-8-13/h5-8,11,14-16H,4,9-10H2,1-3H3,(H2,21,22,24)/t11-,14-,15-,16-/m0/s1. The summed E-state index contributed by atoms with van der Waals surface area (Å²) in [5.41, 5.74) is 0.803. The van der Waals surface area contributed by atoms with E-state index in [9.17, 15) is 9.59 Å². The molecule has 2 bridgehead atoms. The maximum atomic E-state index is 12.5. The molecule has 0 spiro atoms. The van der Waals surface area contributed by atoms with E-state index in [0.717, 1.165) is 12.8 Å². The minimum Gasteiger partial charge on any atom is -0.466 e. The van der Waals surface area contributed by atoms with Gasteiger partial charge in [0, 0.05) is 16.8 Å². The van der Waals surface area contributed by atoms with Gasteiger partial charge in [0.05, 0.1) is 12.5 Å². The summed E-state index contributed by atoms with van der Waals surface area (Å²) in [6.07, 6.45) is 1.82. The Morgan fingerprint density at radius 3 is 2.52 bits per heavy atom. The third-order valence-electron chi connectivity index (χ3n) is 5.94. The SMILES string of the molecule is CCOC(=O)[C@H]1C[C@H]2C[C@@H]([C@H]1NC(=O)Nc1ccc(Cl)cc1)C2(C)C. The fraction of sp³-hybridized carbons (Fsp3) is 0.579. The first-order valence-electron chi connectivity index (χ1n) is 8.82. The van der Waals surface area contributed by atoms with E-state index in [0.29, 0.717) is 23.2 Å². The molecule has 1 aromatic rings. The van der Waals surface area contributed by atoms with Crippen LogP contribution < -0.4 is 10.6 Å². The Kier molecular flexibility index (Phi) is 4.96. The summed E-state index contributed by atoms with van der Waals surface area (Å²) >= 11 is 5.86. The molecule has 3 saturated carbocycles. The summed E-state index contributed by atoms with van der Waals surface area (Å²) in [6.45, 7) is 6.61. The lowest BCUT2D eigenvalue weighted by atomic mass is 9.45. The second-order valence-electron chi connectivity index (χ2n) is 7.59. The molecule has 4 atom stereocenters. The van der Waals surface area contributed by atoms with Crippen molar-refractivity contribution in [3.8, 4) is 0 Å². The summed E-state index contributed by atoms with van der Waals surface area (Å²) in [5.74, 6) is 0.332. The van der Waals surface area contributed by atoms with Gasteiger partial charge in [-0.2, -0.15) is 0 Å². The summed E-state index contributed by atoms with van der Waals surface area (Å²) < 4.78 is 5.24. The summed E-state index contributed by atoms with van der Waals surface area (Å²) in [5, 5.41) is 6.46. The molecule has 3 aliphatic rings. The first-order valence-corrected chi connectivity index (χ1v) is 9.20. The number of nitrogens with one attached hydrogen (secondary N) is 2. The molecule has 0 aliphatic heterocycles. The zero-order valence-electron chi connectivity index (χ0n) is 14.8. The normalized spacial score (nSPS) is 29.3. The molecule has 2 amide bonds. The molecule has 6 heteroatoms. The quantitative estimate of drug-likeness (QED) is 0.791. The van der Waals surface area contributed by atoms with E-state index >= 15 is 0 Å². The van der Waals surface area contributed by atoms with E-state index in [1.165, 1.54) is 0 Å². The van der Waals surface area contributed by atoms with Gasteiger partial charge in [0.15, 0.2) is 0 Å². The Balaban J connectivity index is 1.70. The average molecular weight is 365 g/mol. The molecule has 4 rings (SSSR count). The Morgan fingerprint density at radius 1 is 1.24 bits per heavy atom. The minimum absolute atomic E-state index is 0.140. The second kappa shape index (κ2) is 6.87. The molecular weight excluding hydrogens is 340 g/mol. The molecule has 3 fully saturated rings. The van der Waals surface area contributed by atoms with Gasteiger partial charge in [0.1, 0.15) is 0 Å². The lowest BCUT2D eigenvalue weighted by Gasteiger charge is -2.61. The number of rotatable bonds is 4. The van der Waals surface area contributed by atoms with Crippen LogP contribution in [-0.2, 0) is 9.53 Å². The van der Waals surface area contributed by atoms with Gasteiger partial charge in [0.2, 0.25) is 0 Å². The molecule has 0 heterocycles. The molecule has 0 saturated heterocycles. The predicted octanol–water partition coefficient (Wildman–Crippen LogP) is 4.08. The number of hydrogen-bond acceptors (Lipinski definition) is 3. The monoisotopic (exact) mass is 364 g/mol. The van der Waals surface area contributed by atoms with Gasteiger partial charge in [-0.15, -0.1) is 0 Å². The van der Waals surface area contributed by atoms with Crippen molar-refractivity contribution in [3.63, 3.8) is 0 Å². The van der Waals surface area contributed by atoms with E-state index in [-0.39, 0.29) is 35.3 Å². The van der Waals surface area contributed by atoms with E-state index in [1.54, 1.807) is 31.2 Å². The van der Waals surface area contributed by atoms with Gasteiger partial charge in [0.25, 0.3) is 0 Å². The van der Waals surface area contributed by atoms with Crippen LogP contribution in [-0.4, -0.2) is 24.6 Å². The third kappa shape index (κ3) is 3.47. The van der Waals surface area contributed by atoms with Crippen LogP contribution in [0.15, 0.2) is 24.3 Å². The maximum Gasteiger partial charge on any atom is 0.319 e. The van der Waals surface area contributed by atoms with Crippen molar-refractivity contribution in [2.75, 3.05) is 11.9 Å². The number of halogens is 1. The fourth-order valence-electron chi connectivity index (χ4n) is 4.34. The summed E-state index contributed by atoms with van der Waals surface area (Å²) in [7, 11) is 0. The third-order valence-corrected chi connectivity index (χ3v) is 6.19. The number of benzene rings is 1. The van der Waals surface area contributed by atoms with Crippen LogP contribution in [0.25, 0.3) is 0 Å². The van der Waals surface area contributed by atoms with Crippen LogP contribution in [0.5, 0.6) is 0 Å². The molecule has 0 aromatic heterocycles. The first-order chi connectivity index (χ1) is 11.8. The Labute approximate surface area is 153 Å². The van der Waals surface area contributed by atoms with Crippen molar-refractivity contribution in [2.24, 2.45) is 23.2 Å². The van der Waals surface area contributed by atoms with Crippen LogP contribution in [0.1, 0.15) is 33.6 Å². The zero-order valence-corrected chi connectivity index (χ0v) is 15.6.